The molecule has 0 spiro atoms. The highest BCUT2D eigenvalue weighted by Crippen LogP contribution is 2.44. The van der Waals surface area contributed by atoms with Gasteiger partial charge >= 0.3 is 0 Å². The summed E-state index contributed by atoms with van der Waals surface area (Å²) in [5.74, 6) is 1.77. The van der Waals surface area contributed by atoms with Crippen molar-refractivity contribution in [3.63, 3.8) is 0 Å². The third-order valence-corrected chi connectivity index (χ3v) is 8.10. The highest BCUT2D eigenvalue weighted by Gasteiger charge is 2.30. The van der Waals surface area contributed by atoms with Gasteiger partial charge in [0.25, 0.3) is 0 Å². The molecular weight excluding hydrogens is 468 g/mol. The van der Waals surface area contributed by atoms with Crippen LogP contribution >= 0.6 is 25.3 Å². The predicted octanol–water partition coefficient (Wildman–Crippen LogP) is 7.04. The summed E-state index contributed by atoms with van der Waals surface area (Å²) in [6, 6.07) is 21.0. The van der Waals surface area contributed by atoms with Crippen LogP contribution in [0, 0.1) is 0 Å². The molecule has 35 heavy (non-hydrogen) atoms. The second-order valence-electron chi connectivity index (χ2n) is 9.70. The number of hydrogen-bond acceptors (Lipinski definition) is 4. The van der Waals surface area contributed by atoms with E-state index >= 15 is 0 Å². The normalized spacial score (nSPS) is 13.7. The van der Waals surface area contributed by atoms with Crippen LogP contribution in [0.2, 0.25) is 0 Å². The van der Waals surface area contributed by atoms with Gasteiger partial charge in [-0.25, -0.2) is 9.97 Å². The fraction of sp³-hybridized carbons (Fsp3) is 0.172. The largest absolute Gasteiger partial charge is 0.333 e. The predicted molar refractivity (Wildman–Crippen MR) is 148 cm³/mol. The topological polar surface area (TPSA) is 35.6 Å². The number of benzene rings is 3. The Bertz CT molecular complexity index is 1510. The molecule has 0 radical (unpaired) electrons. The van der Waals surface area contributed by atoms with Crippen molar-refractivity contribution in [3.05, 3.63) is 84.2 Å². The molecule has 0 saturated heterocycles. The van der Waals surface area contributed by atoms with E-state index in [1.54, 1.807) is 0 Å². The Hall–Kier alpha value is -3.22. The van der Waals surface area contributed by atoms with Crippen molar-refractivity contribution < 1.29 is 0 Å². The molecule has 1 aliphatic heterocycles. The van der Waals surface area contributed by atoms with Crippen LogP contribution in [0.3, 0.4) is 0 Å². The second-order valence-corrected chi connectivity index (χ2v) is 10.6. The van der Waals surface area contributed by atoms with Crippen molar-refractivity contribution in [1.82, 2.24) is 19.1 Å². The number of nitrogens with zero attached hydrogens (tertiary/aromatic N) is 4. The molecule has 0 unspecified atom stereocenters. The molecule has 5 aromatic rings. The molecular formula is C29H26N4S2. The van der Waals surface area contributed by atoms with E-state index in [0.29, 0.717) is 0 Å². The van der Waals surface area contributed by atoms with Crippen LogP contribution in [0.4, 0.5) is 0 Å². The van der Waals surface area contributed by atoms with Gasteiger partial charge in [0.15, 0.2) is 0 Å². The molecule has 0 fully saturated rings. The van der Waals surface area contributed by atoms with E-state index in [-0.39, 0.29) is 5.41 Å². The van der Waals surface area contributed by atoms with Gasteiger partial charge in [0.1, 0.15) is 11.6 Å². The smallest absolute Gasteiger partial charge is 0.141 e. The molecule has 8 bridgehead atoms. The standard InChI is InChI=1S/C29H26N4S2/c1-29(2)21-13-7-11-19(25(21)34)27-30-23(15-32(27)3)17-9-5-6-10-18(17)24-16-33(4)28(31-24)20-12-8-14-22(29)26(20)35/h5-16,34-35H,1-4H3. The number of hydrogen-bond donors (Lipinski definition) is 2. The van der Waals surface area contributed by atoms with Gasteiger partial charge < -0.3 is 9.13 Å². The zero-order chi connectivity index (χ0) is 24.5. The summed E-state index contributed by atoms with van der Waals surface area (Å²) in [4.78, 5) is 12.1. The van der Waals surface area contributed by atoms with Crippen molar-refractivity contribution in [1.29, 1.82) is 0 Å². The minimum atomic E-state index is -0.342. The van der Waals surface area contributed by atoms with Crippen molar-refractivity contribution in [2.24, 2.45) is 14.1 Å². The summed E-state index contributed by atoms with van der Waals surface area (Å²) < 4.78 is 4.16. The minimum absolute atomic E-state index is 0.342. The van der Waals surface area contributed by atoms with Crippen LogP contribution in [0.25, 0.3) is 45.3 Å². The van der Waals surface area contributed by atoms with E-state index in [1.807, 2.05) is 26.2 Å². The van der Waals surface area contributed by atoms with Crippen LogP contribution < -0.4 is 0 Å². The van der Waals surface area contributed by atoms with Gasteiger partial charge in [-0.15, -0.1) is 25.3 Å². The average Bonchev–Trinajstić information content (AvgIpc) is 3.41. The van der Waals surface area contributed by atoms with Crippen molar-refractivity contribution in [3.8, 4) is 45.3 Å². The lowest BCUT2D eigenvalue weighted by molar-refractivity contribution is 0.615. The molecule has 0 amide bonds. The van der Waals surface area contributed by atoms with Gasteiger partial charge in [-0.3, -0.25) is 0 Å². The number of aryl methyl sites for hydroxylation is 2. The van der Waals surface area contributed by atoms with Gasteiger partial charge in [0, 0.05) is 63.9 Å². The first-order chi connectivity index (χ1) is 16.8. The van der Waals surface area contributed by atoms with Gasteiger partial charge in [-0.2, -0.15) is 0 Å². The van der Waals surface area contributed by atoms with Gasteiger partial charge in [0.2, 0.25) is 0 Å². The number of rotatable bonds is 0. The van der Waals surface area contributed by atoms with Gasteiger partial charge in [0.05, 0.1) is 11.4 Å². The van der Waals surface area contributed by atoms with Crippen molar-refractivity contribution >= 4 is 25.3 Å². The first kappa shape index (κ1) is 22.3. The first-order valence-electron chi connectivity index (χ1n) is 11.6. The van der Waals surface area contributed by atoms with E-state index in [1.165, 1.54) is 0 Å². The molecule has 174 valence electrons. The van der Waals surface area contributed by atoms with E-state index in [9.17, 15) is 0 Å². The van der Waals surface area contributed by atoms with Gasteiger partial charge in [-0.05, 0) is 11.1 Å². The van der Waals surface area contributed by atoms with Crippen molar-refractivity contribution in [2.45, 2.75) is 29.1 Å². The minimum Gasteiger partial charge on any atom is -0.333 e. The Labute approximate surface area is 216 Å². The Morgan fingerprint density at radius 2 is 1.00 bits per heavy atom. The van der Waals surface area contributed by atoms with Crippen LogP contribution in [0.1, 0.15) is 25.0 Å². The van der Waals surface area contributed by atoms with Crippen molar-refractivity contribution in [2.75, 3.05) is 0 Å². The van der Waals surface area contributed by atoms with Crippen LogP contribution in [0.5, 0.6) is 0 Å². The molecule has 3 aromatic carbocycles. The maximum absolute atomic E-state index is 5.10. The number of aromatic nitrogens is 4. The van der Waals surface area contributed by atoms with E-state index in [4.69, 9.17) is 35.2 Å². The third-order valence-electron chi connectivity index (χ3n) is 7.13. The summed E-state index contributed by atoms with van der Waals surface area (Å²) in [6.07, 6.45) is 4.17. The molecule has 6 heteroatoms. The fourth-order valence-corrected chi connectivity index (χ4v) is 6.28. The molecule has 0 N–H and O–H groups in total. The van der Waals surface area contributed by atoms with E-state index < -0.39 is 0 Å². The monoisotopic (exact) mass is 494 g/mol. The zero-order valence-corrected chi connectivity index (χ0v) is 21.9. The number of imidazole rings is 2. The quantitative estimate of drug-likeness (QED) is 0.227. The Morgan fingerprint density at radius 1 is 0.600 bits per heavy atom. The summed E-state index contributed by atoms with van der Waals surface area (Å²) in [5.41, 5.74) is 7.86. The Balaban J connectivity index is 1.76. The summed E-state index contributed by atoms with van der Waals surface area (Å²) in [7, 11) is 4.08. The van der Waals surface area contributed by atoms with E-state index in [0.717, 1.165) is 66.2 Å². The molecule has 6 rings (SSSR count). The fourth-order valence-electron chi connectivity index (χ4n) is 5.22. The molecule has 0 aliphatic carbocycles. The highest BCUT2D eigenvalue weighted by atomic mass is 32.1. The number of fused-ring (bicyclic) bond motifs is 13. The zero-order valence-electron chi connectivity index (χ0n) is 20.1. The second kappa shape index (κ2) is 7.90. The Kier molecular flexibility index (Phi) is 5.02. The summed E-state index contributed by atoms with van der Waals surface area (Å²) in [5, 5.41) is 0. The third kappa shape index (κ3) is 3.31. The van der Waals surface area contributed by atoms with E-state index in [2.05, 4.69) is 83.9 Å². The lowest BCUT2D eigenvalue weighted by Crippen LogP contribution is -2.21. The highest BCUT2D eigenvalue weighted by molar-refractivity contribution is 7.80. The SMILES string of the molecule is Cn1cc2nc1-c1cccc(c1S)C(C)(C)c1cccc(c1S)-c1nc(cn1C)-c1ccccc1-2. The summed E-state index contributed by atoms with van der Waals surface area (Å²) >= 11 is 10.1. The molecule has 1 aliphatic rings. The molecule has 0 atom stereocenters. The lowest BCUT2D eigenvalue weighted by atomic mass is 9.77. The first-order valence-corrected chi connectivity index (χ1v) is 12.5. The maximum Gasteiger partial charge on any atom is 0.141 e. The molecule has 3 heterocycles. The maximum atomic E-state index is 5.10. The van der Waals surface area contributed by atoms with Gasteiger partial charge in [-0.1, -0.05) is 74.5 Å². The molecule has 4 nitrogen and oxygen atoms in total. The Morgan fingerprint density at radius 3 is 1.43 bits per heavy atom. The number of thiol groups is 2. The lowest BCUT2D eigenvalue weighted by Gasteiger charge is -2.30. The van der Waals surface area contributed by atoms with Crippen LogP contribution in [-0.2, 0) is 19.5 Å². The average molecular weight is 495 g/mol. The molecule has 2 aromatic heterocycles. The van der Waals surface area contributed by atoms with Crippen LogP contribution in [0.15, 0.2) is 82.8 Å². The van der Waals surface area contributed by atoms with Crippen LogP contribution in [-0.4, -0.2) is 19.1 Å². The molecule has 0 saturated carbocycles. The summed E-state index contributed by atoms with van der Waals surface area (Å²) in [6.45, 7) is 4.46.